The first kappa shape index (κ1) is 15.0. The van der Waals surface area contributed by atoms with Gasteiger partial charge in [0.1, 0.15) is 15.7 Å². The summed E-state index contributed by atoms with van der Waals surface area (Å²) in [7, 11) is -5.05. The van der Waals surface area contributed by atoms with Gasteiger partial charge in [0.25, 0.3) is 11.4 Å². The van der Waals surface area contributed by atoms with Gasteiger partial charge < -0.3 is 4.55 Å². The molecule has 1 rings (SSSR count). The molecule has 0 N–H and O–H groups in total. The summed E-state index contributed by atoms with van der Waals surface area (Å²) in [5.41, 5.74) is -2.52. The van der Waals surface area contributed by atoms with Gasteiger partial charge in [-0.05, 0) is 20.8 Å². The average molecular weight is 289 g/mol. The van der Waals surface area contributed by atoms with Gasteiger partial charge in [-0.1, -0.05) is 0 Å². The van der Waals surface area contributed by atoms with E-state index >= 15 is 0 Å². The van der Waals surface area contributed by atoms with Crippen molar-refractivity contribution in [1.82, 2.24) is 0 Å². The molecule has 0 aromatic heterocycles. The molecule has 1 aromatic carbocycles. The van der Waals surface area contributed by atoms with Crippen LogP contribution in [-0.2, 0) is 10.1 Å². The Balaban J connectivity index is 4.08. The Hall–Kier alpha value is -2.07. The second-order valence-electron chi connectivity index (χ2n) is 3.87. The normalized spacial score (nSPS) is 11.4. The van der Waals surface area contributed by atoms with Gasteiger partial charge in [-0.15, -0.1) is 0 Å². The monoisotopic (exact) mass is 289 g/mol. The summed E-state index contributed by atoms with van der Waals surface area (Å²) < 4.78 is 33.4. The van der Waals surface area contributed by atoms with Crippen LogP contribution in [0.1, 0.15) is 16.7 Å². The molecule has 19 heavy (non-hydrogen) atoms. The number of rotatable bonds is 3. The zero-order valence-electron chi connectivity index (χ0n) is 10.2. The molecule has 104 valence electrons. The van der Waals surface area contributed by atoms with Gasteiger partial charge in [0.2, 0.25) is 0 Å². The van der Waals surface area contributed by atoms with E-state index in [1.165, 1.54) is 0 Å². The molecule has 0 aliphatic heterocycles. The number of nitrogens with zero attached hydrogens (tertiary/aromatic N) is 2. The Morgan fingerprint density at radius 3 is 1.37 bits per heavy atom. The molecule has 0 amide bonds. The predicted molar refractivity (Wildman–Crippen MR) is 61.9 cm³/mol. The van der Waals surface area contributed by atoms with Crippen LogP contribution in [0.2, 0.25) is 0 Å². The van der Waals surface area contributed by atoms with Crippen molar-refractivity contribution in [2.24, 2.45) is 0 Å². The quantitative estimate of drug-likeness (QED) is 0.463. The molecule has 0 radical (unpaired) electrons. The first-order valence-corrected chi connectivity index (χ1v) is 6.29. The lowest BCUT2D eigenvalue weighted by Gasteiger charge is -2.15. The van der Waals surface area contributed by atoms with E-state index in [4.69, 9.17) is 0 Å². The van der Waals surface area contributed by atoms with Gasteiger partial charge in [0.05, 0.1) is 14.7 Å². The minimum absolute atomic E-state index is 0.280. The summed E-state index contributed by atoms with van der Waals surface area (Å²) in [4.78, 5) is 19.0. The number of hydrogen-bond donors (Lipinski definition) is 0. The fourth-order valence-corrected chi connectivity index (χ4v) is 3.04. The molecule has 0 spiro atoms. The summed E-state index contributed by atoms with van der Waals surface area (Å²) in [6.45, 7) is 3.29. The maximum Gasteiger partial charge on any atom is 0.283 e. The van der Waals surface area contributed by atoms with Crippen molar-refractivity contribution in [3.05, 3.63) is 36.9 Å². The number of nitro benzene ring substituents is 2. The first-order chi connectivity index (χ1) is 8.50. The summed E-state index contributed by atoms with van der Waals surface area (Å²) in [5.74, 6) is 0. The Morgan fingerprint density at radius 1 is 0.842 bits per heavy atom. The maximum absolute atomic E-state index is 11.1. The molecule has 0 atom stereocenters. The third-order valence-corrected chi connectivity index (χ3v) is 3.83. The van der Waals surface area contributed by atoms with Crippen LogP contribution in [0.15, 0.2) is 4.90 Å². The highest BCUT2D eigenvalue weighted by molar-refractivity contribution is 7.85. The van der Waals surface area contributed by atoms with Gasteiger partial charge in [-0.3, -0.25) is 20.2 Å². The zero-order chi connectivity index (χ0) is 15.1. The summed E-state index contributed by atoms with van der Waals surface area (Å²) in [6.07, 6.45) is 0. The minimum atomic E-state index is -5.05. The molecule has 1 aromatic rings. The van der Waals surface area contributed by atoms with Gasteiger partial charge in [0, 0.05) is 11.1 Å². The van der Waals surface area contributed by atoms with E-state index in [9.17, 15) is 33.2 Å². The fourth-order valence-electron chi connectivity index (χ4n) is 2.09. The lowest BCUT2D eigenvalue weighted by molar-refractivity contribution is -0.396. The van der Waals surface area contributed by atoms with E-state index in [1.54, 1.807) is 0 Å². The van der Waals surface area contributed by atoms with Crippen molar-refractivity contribution in [2.75, 3.05) is 0 Å². The van der Waals surface area contributed by atoms with E-state index in [-0.39, 0.29) is 16.7 Å². The number of benzene rings is 1. The molecule has 0 saturated carbocycles. The topological polar surface area (TPSA) is 143 Å². The Morgan fingerprint density at radius 2 is 1.16 bits per heavy atom. The van der Waals surface area contributed by atoms with E-state index in [2.05, 4.69) is 0 Å². The second-order valence-corrected chi connectivity index (χ2v) is 5.19. The van der Waals surface area contributed by atoms with E-state index in [0.29, 0.717) is 0 Å². The molecule has 0 bridgehead atoms. The van der Waals surface area contributed by atoms with Gasteiger partial charge >= 0.3 is 0 Å². The van der Waals surface area contributed by atoms with Crippen LogP contribution in [0.4, 0.5) is 11.4 Å². The molecular weight excluding hydrogens is 280 g/mol. The van der Waals surface area contributed by atoms with Crippen molar-refractivity contribution in [3.63, 3.8) is 0 Å². The van der Waals surface area contributed by atoms with Crippen LogP contribution in [0.3, 0.4) is 0 Å². The largest absolute Gasteiger partial charge is 0.744 e. The van der Waals surface area contributed by atoms with Crippen LogP contribution in [0.5, 0.6) is 0 Å². The lowest BCUT2D eigenvalue weighted by atomic mass is 10.0. The Kier molecular flexibility index (Phi) is 3.59. The van der Waals surface area contributed by atoms with Crippen molar-refractivity contribution in [3.8, 4) is 0 Å². The van der Waals surface area contributed by atoms with Crippen LogP contribution in [0, 0.1) is 41.0 Å². The number of hydrogen-bond acceptors (Lipinski definition) is 7. The van der Waals surface area contributed by atoms with Crippen LogP contribution in [-0.4, -0.2) is 22.8 Å². The predicted octanol–water partition coefficient (Wildman–Crippen LogP) is 1.33. The fraction of sp³-hybridized carbons (Fsp3) is 0.333. The van der Waals surface area contributed by atoms with E-state index < -0.39 is 36.2 Å². The standard InChI is InChI=1S/C9H10N2O7S/c1-4-7(10(12)13)5(2)9(19(16,17)18)6(3)8(4)11(14)15/h1-3H3,(H,16,17,18)/p-1. The Labute approximate surface area is 107 Å². The molecule has 0 saturated heterocycles. The van der Waals surface area contributed by atoms with Crippen molar-refractivity contribution < 1.29 is 22.8 Å². The van der Waals surface area contributed by atoms with Crippen molar-refractivity contribution in [2.45, 2.75) is 25.7 Å². The average Bonchev–Trinajstić information content (AvgIpc) is 2.12. The molecule has 0 heterocycles. The molecule has 0 aliphatic carbocycles. The molecule has 10 heteroatoms. The van der Waals surface area contributed by atoms with Crippen LogP contribution < -0.4 is 0 Å². The van der Waals surface area contributed by atoms with E-state index in [0.717, 1.165) is 20.8 Å². The van der Waals surface area contributed by atoms with Gasteiger partial charge in [-0.2, -0.15) is 0 Å². The minimum Gasteiger partial charge on any atom is -0.744 e. The molecular formula is C9H9N2O7S-. The second kappa shape index (κ2) is 4.55. The highest BCUT2D eigenvalue weighted by Crippen LogP contribution is 2.39. The molecule has 0 fully saturated rings. The highest BCUT2D eigenvalue weighted by Gasteiger charge is 2.32. The lowest BCUT2D eigenvalue weighted by Crippen LogP contribution is -2.11. The highest BCUT2D eigenvalue weighted by atomic mass is 32.2. The number of nitro groups is 2. The summed E-state index contributed by atoms with van der Waals surface area (Å²) >= 11 is 0. The van der Waals surface area contributed by atoms with Gasteiger partial charge in [0.15, 0.2) is 0 Å². The third-order valence-electron chi connectivity index (χ3n) is 2.72. The summed E-state index contributed by atoms with van der Waals surface area (Å²) in [6, 6.07) is 0. The van der Waals surface area contributed by atoms with Gasteiger partial charge in [-0.25, -0.2) is 8.42 Å². The molecule has 0 aliphatic rings. The zero-order valence-corrected chi connectivity index (χ0v) is 11.0. The Bertz CT molecular complexity index is 652. The van der Waals surface area contributed by atoms with Crippen LogP contribution >= 0.6 is 0 Å². The molecule has 9 nitrogen and oxygen atoms in total. The van der Waals surface area contributed by atoms with Crippen molar-refractivity contribution >= 4 is 21.5 Å². The molecule has 0 unspecified atom stereocenters. The first-order valence-electron chi connectivity index (χ1n) is 4.88. The van der Waals surface area contributed by atoms with Crippen molar-refractivity contribution in [1.29, 1.82) is 0 Å². The van der Waals surface area contributed by atoms with E-state index in [1.807, 2.05) is 0 Å². The third kappa shape index (κ3) is 2.39. The SMILES string of the molecule is Cc1c([N+](=O)[O-])c(C)c(S(=O)(=O)[O-])c(C)c1[N+](=O)[O-]. The smallest absolute Gasteiger partial charge is 0.283 e. The van der Waals surface area contributed by atoms with Crippen LogP contribution in [0.25, 0.3) is 0 Å². The maximum atomic E-state index is 11.1. The summed E-state index contributed by atoms with van der Waals surface area (Å²) in [5, 5.41) is 21.8.